The summed E-state index contributed by atoms with van der Waals surface area (Å²) in [7, 11) is 0. The quantitative estimate of drug-likeness (QED) is 0.785. The number of hydrogen-bond donors (Lipinski definition) is 2. The molecule has 1 aliphatic heterocycles. The van der Waals surface area contributed by atoms with Gasteiger partial charge in [-0.2, -0.15) is 0 Å². The zero-order valence-electron chi connectivity index (χ0n) is 11.5. The number of carbonyl (C=O) groups is 3. The van der Waals surface area contributed by atoms with Gasteiger partial charge in [0, 0.05) is 12.6 Å². The van der Waals surface area contributed by atoms with E-state index >= 15 is 0 Å². The van der Waals surface area contributed by atoms with Gasteiger partial charge in [-0.05, 0) is 18.4 Å². The molecule has 1 aromatic rings. The van der Waals surface area contributed by atoms with Crippen LogP contribution in [-0.2, 0) is 16.1 Å². The predicted octanol–water partition coefficient (Wildman–Crippen LogP) is 0.776. The highest BCUT2D eigenvalue weighted by Crippen LogP contribution is 2.29. The van der Waals surface area contributed by atoms with Gasteiger partial charge in [0.05, 0.1) is 6.42 Å². The second-order valence-corrected chi connectivity index (χ2v) is 5.46. The summed E-state index contributed by atoms with van der Waals surface area (Å²) in [6.45, 7) is 0.548. The molecule has 1 heterocycles. The van der Waals surface area contributed by atoms with Gasteiger partial charge in [0.15, 0.2) is 0 Å². The van der Waals surface area contributed by atoms with E-state index in [0.29, 0.717) is 6.54 Å². The van der Waals surface area contributed by atoms with Crippen molar-refractivity contribution < 1.29 is 14.4 Å². The molecule has 1 saturated heterocycles. The van der Waals surface area contributed by atoms with E-state index in [2.05, 4.69) is 10.6 Å². The summed E-state index contributed by atoms with van der Waals surface area (Å²) in [5, 5.41) is 4.61. The third kappa shape index (κ3) is 3.21. The first-order chi connectivity index (χ1) is 10.1. The van der Waals surface area contributed by atoms with E-state index in [-0.39, 0.29) is 18.4 Å². The lowest BCUT2D eigenvalue weighted by Crippen LogP contribution is -2.39. The van der Waals surface area contributed by atoms with Crippen LogP contribution in [0.5, 0.6) is 0 Å². The maximum atomic E-state index is 12.4. The summed E-state index contributed by atoms with van der Waals surface area (Å²) in [6, 6.07) is 8.76. The van der Waals surface area contributed by atoms with Crippen molar-refractivity contribution in [1.29, 1.82) is 0 Å². The Morgan fingerprint density at radius 3 is 2.48 bits per heavy atom. The minimum absolute atomic E-state index is 0.0148. The zero-order valence-corrected chi connectivity index (χ0v) is 11.5. The maximum Gasteiger partial charge on any atom is 0.322 e. The fraction of sp³-hybridized carbons (Fsp3) is 0.400. The van der Waals surface area contributed by atoms with Crippen LogP contribution in [0.25, 0.3) is 0 Å². The van der Waals surface area contributed by atoms with Gasteiger partial charge >= 0.3 is 6.03 Å². The number of carbonyl (C=O) groups excluding carboxylic acids is 3. The zero-order chi connectivity index (χ0) is 14.8. The Hall–Kier alpha value is -2.37. The molecule has 1 aromatic carbocycles. The lowest BCUT2D eigenvalue weighted by atomic mass is 10.1. The summed E-state index contributed by atoms with van der Waals surface area (Å²) >= 11 is 0. The fourth-order valence-electron chi connectivity index (χ4n) is 2.48. The van der Waals surface area contributed by atoms with Crippen LogP contribution < -0.4 is 10.6 Å². The first kappa shape index (κ1) is 13.6. The van der Waals surface area contributed by atoms with Crippen LogP contribution >= 0.6 is 0 Å². The third-order valence-electron chi connectivity index (χ3n) is 3.74. The van der Waals surface area contributed by atoms with Crippen LogP contribution in [0.3, 0.4) is 0 Å². The Morgan fingerprint density at radius 2 is 1.90 bits per heavy atom. The second-order valence-electron chi connectivity index (χ2n) is 5.46. The van der Waals surface area contributed by atoms with E-state index in [1.165, 1.54) is 0 Å². The molecule has 1 saturated carbocycles. The molecule has 0 unspecified atom stereocenters. The number of amides is 4. The van der Waals surface area contributed by atoms with E-state index < -0.39 is 18.0 Å². The topological polar surface area (TPSA) is 78.5 Å². The lowest BCUT2D eigenvalue weighted by Gasteiger charge is -2.23. The molecule has 6 heteroatoms. The van der Waals surface area contributed by atoms with Crippen molar-refractivity contribution >= 4 is 17.8 Å². The number of benzene rings is 1. The molecule has 21 heavy (non-hydrogen) atoms. The largest absolute Gasteiger partial charge is 0.335 e. The number of nitrogens with zero attached hydrogens (tertiary/aromatic N) is 1. The average molecular weight is 287 g/mol. The number of rotatable bonds is 5. The number of urea groups is 1. The normalized spacial score (nSPS) is 20.9. The van der Waals surface area contributed by atoms with E-state index in [1.54, 1.807) is 0 Å². The standard InChI is InChI=1S/C15H17N3O3/c19-13(8-12-14(20)17-15(21)16-12)18(11-6-7-11)9-10-4-2-1-3-5-10/h1-5,11-12H,6-9H2,(H2,16,17,20,21)/t12-/m0/s1. The van der Waals surface area contributed by atoms with Crippen LogP contribution in [-0.4, -0.2) is 34.8 Å². The van der Waals surface area contributed by atoms with Gasteiger partial charge in [-0.25, -0.2) is 4.79 Å². The van der Waals surface area contributed by atoms with E-state index in [9.17, 15) is 14.4 Å². The van der Waals surface area contributed by atoms with E-state index in [0.717, 1.165) is 18.4 Å². The van der Waals surface area contributed by atoms with Crippen LogP contribution in [0.2, 0.25) is 0 Å². The smallest absolute Gasteiger partial charge is 0.322 e. The van der Waals surface area contributed by atoms with Crippen LogP contribution in [0, 0.1) is 0 Å². The summed E-state index contributed by atoms with van der Waals surface area (Å²) in [6.07, 6.45) is 2.02. The molecule has 4 amide bonds. The average Bonchev–Trinajstić information content (AvgIpc) is 3.24. The predicted molar refractivity (Wildman–Crippen MR) is 75.1 cm³/mol. The Bertz CT molecular complexity index is 569. The van der Waals surface area contributed by atoms with Gasteiger partial charge in [-0.15, -0.1) is 0 Å². The van der Waals surface area contributed by atoms with Gasteiger partial charge < -0.3 is 10.2 Å². The van der Waals surface area contributed by atoms with Crippen molar-refractivity contribution in [2.75, 3.05) is 0 Å². The van der Waals surface area contributed by atoms with Gasteiger partial charge in [0.2, 0.25) is 5.91 Å². The van der Waals surface area contributed by atoms with Gasteiger partial charge in [-0.1, -0.05) is 30.3 Å². The minimum atomic E-state index is -0.748. The summed E-state index contributed by atoms with van der Waals surface area (Å²) < 4.78 is 0. The molecule has 1 aliphatic carbocycles. The Morgan fingerprint density at radius 1 is 1.19 bits per heavy atom. The number of nitrogens with one attached hydrogen (secondary N) is 2. The third-order valence-corrected chi connectivity index (χ3v) is 3.74. The molecule has 110 valence electrons. The van der Waals surface area contributed by atoms with E-state index in [4.69, 9.17) is 0 Å². The van der Waals surface area contributed by atoms with Crippen molar-refractivity contribution in [1.82, 2.24) is 15.5 Å². The first-order valence-electron chi connectivity index (χ1n) is 7.08. The number of imide groups is 1. The molecular formula is C15H17N3O3. The van der Waals surface area contributed by atoms with Gasteiger partial charge in [-0.3, -0.25) is 14.9 Å². The SMILES string of the molecule is O=C1NC(=O)[C@H](CC(=O)N(Cc2ccccc2)C2CC2)N1. The molecule has 6 nitrogen and oxygen atoms in total. The summed E-state index contributed by atoms with van der Waals surface area (Å²) in [5.74, 6) is -0.521. The molecule has 0 aromatic heterocycles. The molecule has 2 aliphatic rings. The molecular weight excluding hydrogens is 270 g/mol. The molecule has 1 atom stereocenters. The van der Waals surface area contributed by atoms with Crippen molar-refractivity contribution in [3.63, 3.8) is 0 Å². The molecule has 0 bridgehead atoms. The molecule has 3 rings (SSSR count). The molecule has 2 fully saturated rings. The summed E-state index contributed by atoms with van der Waals surface area (Å²) in [4.78, 5) is 36.9. The van der Waals surface area contributed by atoms with Crippen molar-refractivity contribution in [2.45, 2.75) is 37.9 Å². The monoisotopic (exact) mass is 287 g/mol. The highest BCUT2D eigenvalue weighted by molar-refractivity contribution is 6.05. The van der Waals surface area contributed by atoms with Crippen LogP contribution in [0.15, 0.2) is 30.3 Å². The molecule has 2 N–H and O–H groups in total. The Labute approximate surface area is 122 Å². The second kappa shape index (κ2) is 5.55. The van der Waals surface area contributed by atoms with Crippen LogP contribution in [0.4, 0.5) is 4.79 Å². The maximum absolute atomic E-state index is 12.4. The lowest BCUT2D eigenvalue weighted by molar-refractivity contribution is -0.135. The van der Waals surface area contributed by atoms with Crippen molar-refractivity contribution in [3.05, 3.63) is 35.9 Å². The van der Waals surface area contributed by atoms with Crippen LogP contribution in [0.1, 0.15) is 24.8 Å². The Balaban J connectivity index is 1.65. The highest BCUT2D eigenvalue weighted by atomic mass is 16.2. The van der Waals surface area contributed by atoms with Gasteiger partial charge in [0.1, 0.15) is 6.04 Å². The first-order valence-corrected chi connectivity index (χ1v) is 7.08. The van der Waals surface area contributed by atoms with Gasteiger partial charge in [0.25, 0.3) is 5.91 Å². The van der Waals surface area contributed by atoms with Crippen molar-refractivity contribution in [2.24, 2.45) is 0 Å². The fourth-order valence-corrected chi connectivity index (χ4v) is 2.48. The summed E-state index contributed by atoms with van der Waals surface area (Å²) in [5.41, 5.74) is 1.07. The Kier molecular flexibility index (Phi) is 3.60. The highest BCUT2D eigenvalue weighted by Gasteiger charge is 2.37. The minimum Gasteiger partial charge on any atom is -0.335 e. The number of hydrogen-bond acceptors (Lipinski definition) is 3. The molecule has 0 radical (unpaired) electrons. The molecule has 0 spiro atoms. The van der Waals surface area contributed by atoms with Crippen molar-refractivity contribution in [3.8, 4) is 0 Å². The van der Waals surface area contributed by atoms with E-state index in [1.807, 2.05) is 35.2 Å².